The Bertz CT molecular complexity index is 467. The Morgan fingerprint density at radius 1 is 1.44 bits per heavy atom. The zero-order valence-electron chi connectivity index (χ0n) is 9.18. The van der Waals surface area contributed by atoms with E-state index in [0.29, 0.717) is 6.04 Å². The van der Waals surface area contributed by atoms with Gasteiger partial charge in [0.05, 0.1) is 5.69 Å². The van der Waals surface area contributed by atoms with Crippen molar-refractivity contribution < 1.29 is 0 Å². The molecule has 0 saturated heterocycles. The molecule has 0 aliphatic rings. The lowest BCUT2D eigenvalue weighted by atomic mass is 10.1. The highest BCUT2D eigenvalue weighted by Crippen LogP contribution is 2.25. The fourth-order valence-corrected chi connectivity index (χ4v) is 2.22. The van der Waals surface area contributed by atoms with Crippen molar-refractivity contribution in [3.8, 4) is 5.69 Å². The third kappa shape index (κ3) is 2.15. The summed E-state index contributed by atoms with van der Waals surface area (Å²) >= 11 is 3.57. The summed E-state index contributed by atoms with van der Waals surface area (Å²) in [5.41, 5.74) is 2.22. The summed E-state index contributed by atoms with van der Waals surface area (Å²) in [5, 5.41) is 7.30. The fraction of sp³-hybridized carbons (Fsp3) is 0.273. The van der Waals surface area contributed by atoms with Crippen LogP contribution in [0.25, 0.3) is 5.69 Å². The molecule has 0 saturated carbocycles. The van der Waals surface area contributed by atoms with E-state index in [2.05, 4.69) is 44.3 Å². The van der Waals surface area contributed by atoms with E-state index >= 15 is 0 Å². The second kappa shape index (κ2) is 4.76. The van der Waals surface area contributed by atoms with Gasteiger partial charge in [-0.1, -0.05) is 22.0 Å². The molecule has 0 aliphatic heterocycles. The molecule has 0 amide bonds. The van der Waals surface area contributed by atoms with Gasteiger partial charge in [-0.3, -0.25) is 0 Å². The molecule has 0 aliphatic carbocycles. The van der Waals surface area contributed by atoms with Crippen molar-refractivity contribution in [1.82, 2.24) is 20.1 Å². The van der Waals surface area contributed by atoms with E-state index in [-0.39, 0.29) is 0 Å². The van der Waals surface area contributed by atoms with Crippen LogP contribution in [0.4, 0.5) is 0 Å². The van der Waals surface area contributed by atoms with Crippen LogP contribution in [0.15, 0.2) is 35.3 Å². The van der Waals surface area contributed by atoms with E-state index in [4.69, 9.17) is 0 Å². The SMILES string of the molecule is CNC(C)c1ccc(-n2cncn2)cc1Br. The van der Waals surface area contributed by atoms with Gasteiger partial charge >= 0.3 is 0 Å². The molecule has 84 valence electrons. The average Bonchev–Trinajstić information content (AvgIpc) is 2.81. The maximum atomic E-state index is 4.09. The van der Waals surface area contributed by atoms with Crippen molar-refractivity contribution in [2.75, 3.05) is 7.05 Å². The monoisotopic (exact) mass is 280 g/mol. The van der Waals surface area contributed by atoms with Crippen LogP contribution >= 0.6 is 15.9 Å². The van der Waals surface area contributed by atoms with Gasteiger partial charge in [-0.15, -0.1) is 0 Å². The van der Waals surface area contributed by atoms with E-state index in [1.807, 2.05) is 19.2 Å². The molecule has 4 nitrogen and oxygen atoms in total. The van der Waals surface area contributed by atoms with E-state index in [9.17, 15) is 0 Å². The minimum atomic E-state index is 0.319. The molecular weight excluding hydrogens is 268 g/mol. The Morgan fingerprint density at radius 2 is 2.25 bits per heavy atom. The Hall–Kier alpha value is -1.20. The van der Waals surface area contributed by atoms with Crippen LogP contribution < -0.4 is 5.32 Å². The summed E-state index contributed by atoms with van der Waals surface area (Å²) in [5.74, 6) is 0. The standard InChI is InChI=1S/C11H13BrN4/c1-8(13-2)10-4-3-9(5-11(10)12)16-7-14-6-15-16/h3-8,13H,1-2H3. The first kappa shape index (κ1) is 11.3. The highest BCUT2D eigenvalue weighted by Gasteiger charge is 2.08. The van der Waals surface area contributed by atoms with Gasteiger partial charge < -0.3 is 5.32 Å². The normalized spacial score (nSPS) is 12.7. The van der Waals surface area contributed by atoms with Gasteiger partial charge in [-0.25, -0.2) is 9.67 Å². The largest absolute Gasteiger partial charge is 0.313 e. The highest BCUT2D eigenvalue weighted by molar-refractivity contribution is 9.10. The van der Waals surface area contributed by atoms with Gasteiger partial charge in [0.25, 0.3) is 0 Å². The van der Waals surface area contributed by atoms with Gasteiger partial charge in [0.2, 0.25) is 0 Å². The zero-order chi connectivity index (χ0) is 11.5. The van der Waals surface area contributed by atoms with Crippen LogP contribution in [0.5, 0.6) is 0 Å². The Morgan fingerprint density at radius 3 is 2.81 bits per heavy atom. The van der Waals surface area contributed by atoms with Crippen molar-refractivity contribution in [2.45, 2.75) is 13.0 Å². The summed E-state index contributed by atoms with van der Waals surface area (Å²) in [6, 6.07) is 6.47. The van der Waals surface area contributed by atoms with E-state index in [1.165, 1.54) is 11.9 Å². The van der Waals surface area contributed by atoms with Crippen molar-refractivity contribution in [1.29, 1.82) is 0 Å². The lowest BCUT2D eigenvalue weighted by Crippen LogP contribution is -2.13. The Balaban J connectivity index is 2.37. The number of aromatic nitrogens is 3. The van der Waals surface area contributed by atoms with Crippen LogP contribution in [-0.4, -0.2) is 21.8 Å². The number of halogens is 1. The predicted octanol–water partition coefficient (Wildman–Crippen LogP) is 2.31. The highest BCUT2D eigenvalue weighted by atomic mass is 79.9. The van der Waals surface area contributed by atoms with Crippen molar-refractivity contribution in [2.24, 2.45) is 0 Å². The summed E-state index contributed by atoms with van der Waals surface area (Å²) in [6.45, 7) is 2.12. The molecule has 5 heteroatoms. The summed E-state index contributed by atoms with van der Waals surface area (Å²) < 4.78 is 2.81. The number of nitrogens with one attached hydrogen (secondary N) is 1. The number of benzene rings is 1. The maximum absolute atomic E-state index is 4.09. The topological polar surface area (TPSA) is 42.7 Å². The van der Waals surface area contributed by atoms with E-state index in [1.54, 1.807) is 11.0 Å². The number of rotatable bonds is 3. The molecule has 0 fully saturated rings. The lowest BCUT2D eigenvalue weighted by Gasteiger charge is -2.13. The second-order valence-corrected chi connectivity index (χ2v) is 4.41. The van der Waals surface area contributed by atoms with Gasteiger partial charge in [0.1, 0.15) is 12.7 Å². The number of hydrogen-bond acceptors (Lipinski definition) is 3. The van der Waals surface area contributed by atoms with Crippen molar-refractivity contribution in [3.63, 3.8) is 0 Å². The first-order valence-electron chi connectivity index (χ1n) is 5.04. The summed E-state index contributed by atoms with van der Waals surface area (Å²) in [7, 11) is 1.95. The molecule has 1 atom stereocenters. The van der Waals surface area contributed by atoms with E-state index < -0.39 is 0 Å². The van der Waals surface area contributed by atoms with Crippen LogP contribution in [0.2, 0.25) is 0 Å². The second-order valence-electron chi connectivity index (χ2n) is 3.56. The summed E-state index contributed by atoms with van der Waals surface area (Å²) in [6.07, 6.45) is 3.21. The fourth-order valence-electron chi connectivity index (χ4n) is 1.51. The predicted molar refractivity (Wildman–Crippen MR) is 66.5 cm³/mol. The third-order valence-corrected chi connectivity index (χ3v) is 3.25. The van der Waals surface area contributed by atoms with Crippen LogP contribution in [-0.2, 0) is 0 Å². The molecule has 1 aromatic carbocycles. The van der Waals surface area contributed by atoms with Crippen LogP contribution in [0, 0.1) is 0 Å². The molecule has 2 rings (SSSR count). The molecule has 1 unspecified atom stereocenters. The van der Waals surface area contributed by atoms with Gasteiger partial charge in [0, 0.05) is 10.5 Å². The molecule has 1 heterocycles. The summed E-state index contributed by atoms with van der Waals surface area (Å²) in [4.78, 5) is 3.93. The first-order valence-corrected chi connectivity index (χ1v) is 5.83. The Kier molecular flexibility index (Phi) is 3.36. The molecule has 0 radical (unpaired) electrons. The number of nitrogens with zero attached hydrogens (tertiary/aromatic N) is 3. The Labute approximate surface area is 103 Å². The quantitative estimate of drug-likeness (QED) is 0.938. The molecular formula is C11H13BrN4. The average molecular weight is 281 g/mol. The van der Waals surface area contributed by atoms with Crippen LogP contribution in [0.3, 0.4) is 0 Å². The molecule has 0 spiro atoms. The zero-order valence-corrected chi connectivity index (χ0v) is 10.8. The van der Waals surface area contributed by atoms with Gasteiger partial charge in [0.15, 0.2) is 0 Å². The third-order valence-electron chi connectivity index (χ3n) is 2.57. The minimum Gasteiger partial charge on any atom is -0.313 e. The molecule has 1 N–H and O–H groups in total. The molecule has 1 aromatic heterocycles. The first-order chi connectivity index (χ1) is 7.72. The van der Waals surface area contributed by atoms with E-state index in [0.717, 1.165) is 10.2 Å². The minimum absolute atomic E-state index is 0.319. The van der Waals surface area contributed by atoms with Crippen LogP contribution in [0.1, 0.15) is 18.5 Å². The smallest absolute Gasteiger partial charge is 0.138 e. The van der Waals surface area contributed by atoms with Gasteiger partial charge in [-0.2, -0.15) is 5.10 Å². The maximum Gasteiger partial charge on any atom is 0.138 e. The molecule has 2 aromatic rings. The molecule has 16 heavy (non-hydrogen) atoms. The number of hydrogen-bond donors (Lipinski definition) is 1. The lowest BCUT2D eigenvalue weighted by molar-refractivity contribution is 0.649. The van der Waals surface area contributed by atoms with Crippen molar-refractivity contribution >= 4 is 15.9 Å². The molecule has 0 bridgehead atoms. The van der Waals surface area contributed by atoms with Gasteiger partial charge in [-0.05, 0) is 31.7 Å². The van der Waals surface area contributed by atoms with Crippen molar-refractivity contribution in [3.05, 3.63) is 40.9 Å².